The minimum absolute atomic E-state index is 0.000445. The molecule has 1 aliphatic rings. The van der Waals surface area contributed by atoms with Gasteiger partial charge in [0.05, 0.1) is 31.4 Å². The van der Waals surface area contributed by atoms with E-state index in [4.69, 9.17) is 9.47 Å². The average Bonchev–Trinajstić information content (AvgIpc) is 3.14. The van der Waals surface area contributed by atoms with Crippen molar-refractivity contribution in [2.45, 2.75) is 65.6 Å². The van der Waals surface area contributed by atoms with E-state index in [1.54, 1.807) is 25.3 Å². The van der Waals surface area contributed by atoms with E-state index in [1.807, 2.05) is 69.3 Å². The van der Waals surface area contributed by atoms with Crippen molar-refractivity contribution in [1.29, 1.82) is 0 Å². The van der Waals surface area contributed by atoms with Gasteiger partial charge in [0, 0.05) is 11.1 Å². The molecular weight excluding hydrogens is 490 g/mol. The molecule has 0 spiro atoms. The van der Waals surface area contributed by atoms with Gasteiger partial charge in [0.1, 0.15) is 17.3 Å². The van der Waals surface area contributed by atoms with Gasteiger partial charge < -0.3 is 19.5 Å². The van der Waals surface area contributed by atoms with Crippen LogP contribution in [0.1, 0.15) is 68.5 Å². The Morgan fingerprint density at radius 1 is 0.974 bits per heavy atom. The fourth-order valence-electron chi connectivity index (χ4n) is 4.91. The lowest BCUT2D eigenvalue weighted by Gasteiger charge is -2.27. The van der Waals surface area contributed by atoms with Crippen LogP contribution in [0, 0.1) is 6.92 Å². The Morgan fingerprint density at radius 3 is 2.23 bits per heavy atom. The summed E-state index contributed by atoms with van der Waals surface area (Å²) in [6.45, 7) is 12.3. The standard InChI is InChI=1S/C33H37NO5/c1-20(2)39-26-17-14-23(18-21(26)3)30(35)28-29(22-12-15-25(16-13-22)33(4,5)6)34(32(37)31(28)36)19-24-10-8-9-11-27(24)38-7/h8-18,20,29,35H,19H2,1-7H3/b30-28-. The number of methoxy groups -OCH3 is 1. The van der Waals surface area contributed by atoms with Crippen molar-refractivity contribution in [1.82, 2.24) is 4.90 Å². The van der Waals surface area contributed by atoms with E-state index in [2.05, 4.69) is 20.8 Å². The topological polar surface area (TPSA) is 76.1 Å². The number of hydrogen-bond acceptors (Lipinski definition) is 5. The third-order valence-corrected chi connectivity index (χ3v) is 6.98. The molecule has 0 aromatic heterocycles. The van der Waals surface area contributed by atoms with Crippen LogP contribution in [0.3, 0.4) is 0 Å². The van der Waals surface area contributed by atoms with Gasteiger partial charge in [-0.25, -0.2) is 0 Å². The van der Waals surface area contributed by atoms with Crippen LogP contribution in [0.4, 0.5) is 0 Å². The van der Waals surface area contributed by atoms with Gasteiger partial charge in [-0.15, -0.1) is 0 Å². The van der Waals surface area contributed by atoms with Crippen LogP contribution in [0.2, 0.25) is 0 Å². The highest BCUT2D eigenvalue weighted by molar-refractivity contribution is 6.46. The summed E-state index contributed by atoms with van der Waals surface area (Å²) in [5.41, 5.74) is 3.92. The Kier molecular flexibility index (Phi) is 7.86. The summed E-state index contributed by atoms with van der Waals surface area (Å²) in [6, 6.07) is 19.8. The summed E-state index contributed by atoms with van der Waals surface area (Å²) in [5, 5.41) is 11.5. The summed E-state index contributed by atoms with van der Waals surface area (Å²) in [7, 11) is 1.57. The van der Waals surface area contributed by atoms with Crippen molar-refractivity contribution >= 4 is 17.4 Å². The molecule has 1 aliphatic heterocycles. The number of aliphatic hydroxyl groups is 1. The number of carbonyl (C=O) groups excluding carboxylic acids is 2. The molecule has 3 aromatic rings. The summed E-state index contributed by atoms with van der Waals surface area (Å²) in [6.07, 6.45) is -0.000445. The molecule has 1 atom stereocenters. The molecule has 4 rings (SSSR count). The molecule has 0 saturated carbocycles. The van der Waals surface area contributed by atoms with Crippen LogP contribution in [-0.4, -0.2) is 34.9 Å². The Morgan fingerprint density at radius 2 is 1.64 bits per heavy atom. The number of Topliss-reactive ketones (excluding diaryl/α,β-unsaturated/α-hetero) is 1. The van der Waals surface area contributed by atoms with Crippen LogP contribution in [0.25, 0.3) is 5.76 Å². The molecule has 1 amide bonds. The highest BCUT2D eigenvalue weighted by Gasteiger charge is 2.46. The number of aryl methyl sites for hydroxylation is 1. The molecule has 1 unspecified atom stereocenters. The first kappa shape index (κ1) is 28.0. The van der Waals surface area contributed by atoms with Crippen molar-refractivity contribution in [3.63, 3.8) is 0 Å². The molecule has 6 heteroatoms. The van der Waals surface area contributed by atoms with E-state index < -0.39 is 17.7 Å². The number of likely N-dealkylation sites (tertiary alicyclic amines) is 1. The largest absolute Gasteiger partial charge is 0.507 e. The maximum Gasteiger partial charge on any atom is 0.295 e. The third kappa shape index (κ3) is 5.70. The van der Waals surface area contributed by atoms with Crippen molar-refractivity contribution in [3.8, 4) is 11.5 Å². The number of para-hydroxylation sites is 1. The van der Waals surface area contributed by atoms with E-state index in [0.717, 1.165) is 22.3 Å². The first-order valence-electron chi connectivity index (χ1n) is 13.2. The van der Waals surface area contributed by atoms with Crippen molar-refractivity contribution in [3.05, 3.63) is 100 Å². The number of ketones is 1. The number of benzene rings is 3. The van der Waals surface area contributed by atoms with Crippen molar-refractivity contribution < 1.29 is 24.2 Å². The second-order valence-electron chi connectivity index (χ2n) is 11.3. The van der Waals surface area contributed by atoms with Gasteiger partial charge in [0.25, 0.3) is 11.7 Å². The van der Waals surface area contributed by atoms with E-state index in [0.29, 0.717) is 17.1 Å². The summed E-state index contributed by atoms with van der Waals surface area (Å²) in [4.78, 5) is 28.5. The molecule has 0 radical (unpaired) electrons. The SMILES string of the molecule is COc1ccccc1CN1C(=O)C(=O)/C(=C(\O)c2ccc(OC(C)C)c(C)c2)C1c1ccc(C(C)(C)C)cc1. The monoisotopic (exact) mass is 527 g/mol. The van der Waals surface area contributed by atoms with Crippen molar-refractivity contribution in [2.24, 2.45) is 0 Å². The van der Waals surface area contributed by atoms with Crippen LogP contribution in [0.5, 0.6) is 11.5 Å². The smallest absolute Gasteiger partial charge is 0.295 e. The average molecular weight is 528 g/mol. The van der Waals surface area contributed by atoms with Gasteiger partial charge in [-0.2, -0.15) is 0 Å². The number of amides is 1. The lowest BCUT2D eigenvalue weighted by atomic mass is 9.85. The Bertz CT molecular complexity index is 1410. The molecule has 3 aromatic carbocycles. The predicted octanol–water partition coefficient (Wildman–Crippen LogP) is 6.71. The number of nitrogens with zero attached hydrogens (tertiary/aromatic N) is 1. The maximum atomic E-state index is 13.5. The second kappa shape index (κ2) is 11.0. The lowest BCUT2D eigenvalue weighted by Crippen LogP contribution is -2.29. The van der Waals surface area contributed by atoms with E-state index in [9.17, 15) is 14.7 Å². The fourth-order valence-corrected chi connectivity index (χ4v) is 4.91. The highest BCUT2D eigenvalue weighted by atomic mass is 16.5. The third-order valence-electron chi connectivity index (χ3n) is 6.98. The number of aliphatic hydroxyl groups excluding tert-OH is 1. The first-order valence-corrected chi connectivity index (χ1v) is 13.2. The maximum absolute atomic E-state index is 13.5. The molecule has 1 saturated heterocycles. The molecule has 0 bridgehead atoms. The van der Waals surface area contributed by atoms with Gasteiger partial charge in [-0.3, -0.25) is 9.59 Å². The minimum Gasteiger partial charge on any atom is -0.507 e. The predicted molar refractivity (Wildman–Crippen MR) is 153 cm³/mol. The zero-order valence-corrected chi connectivity index (χ0v) is 23.7. The molecule has 1 fully saturated rings. The zero-order chi connectivity index (χ0) is 28.5. The molecule has 204 valence electrons. The number of rotatable bonds is 7. The number of carbonyl (C=O) groups is 2. The molecular formula is C33H37NO5. The normalized spacial score (nSPS) is 17.1. The van der Waals surface area contributed by atoms with Gasteiger partial charge in [-0.05, 0) is 67.1 Å². The number of ether oxygens (including phenoxy) is 2. The molecule has 39 heavy (non-hydrogen) atoms. The van der Waals surface area contributed by atoms with Crippen LogP contribution >= 0.6 is 0 Å². The molecule has 6 nitrogen and oxygen atoms in total. The fraction of sp³-hybridized carbons (Fsp3) is 0.333. The quantitative estimate of drug-likeness (QED) is 0.210. The van der Waals surface area contributed by atoms with Gasteiger partial charge in [0.15, 0.2) is 0 Å². The van der Waals surface area contributed by atoms with E-state index in [-0.39, 0.29) is 29.4 Å². The first-order chi connectivity index (χ1) is 18.4. The van der Waals surface area contributed by atoms with Crippen LogP contribution in [-0.2, 0) is 21.5 Å². The minimum atomic E-state index is -0.768. The van der Waals surface area contributed by atoms with Crippen molar-refractivity contribution in [2.75, 3.05) is 7.11 Å². The van der Waals surface area contributed by atoms with Gasteiger partial charge in [0.2, 0.25) is 0 Å². The number of hydrogen-bond donors (Lipinski definition) is 1. The van der Waals surface area contributed by atoms with Crippen LogP contribution < -0.4 is 9.47 Å². The van der Waals surface area contributed by atoms with Gasteiger partial charge >= 0.3 is 0 Å². The van der Waals surface area contributed by atoms with E-state index in [1.165, 1.54) is 4.90 Å². The zero-order valence-electron chi connectivity index (χ0n) is 23.7. The Balaban J connectivity index is 1.85. The Labute approximate surface area is 230 Å². The lowest BCUT2D eigenvalue weighted by molar-refractivity contribution is -0.140. The second-order valence-corrected chi connectivity index (χ2v) is 11.3. The molecule has 1 heterocycles. The summed E-state index contributed by atoms with van der Waals surface area (Å²) < 4.78 is 11.3. The van der Waals surface area contributed by atoms with Gasteiger partial charge in [-0.1, -0.05) is 63.2 Å². The van der Waals surface area contributed by atoms with E-state index >= 15 is 0 Å². The summed E-state index contributed by atoms with van der Waals surface area (Å²) >= 11 is 0. The Hall–Kier alpha value is -4.06. The molecule has 0 aliphatic carbocycles. The molecule has 1 N–H and O–H groups in total. The van der Waals surface area contributed by atoms with Crippen LogP contribution in [0.15, 0.2) is 72.3 Å². The highest BCUT2D eigenvalue weighted by Crippen LogP contribution is 2.42. The summed E-state index contributed by atoms with van der Waals surface area (Å²) in [5.74, 6) is -0.263.